The Morgan fingerprint density at radius 2 is 1.97 bits per heavy atom. The van der Waals surface area contributed by atoms with Crippen LogP contribution >= 0.6 is 0 Å². The number of rotatable bonds is 6. The summed E-state index contributed by atoms with van der Waals surface area (Å²) in [5.41, 5.74) is -0.0727. The van der Waals surface area contributed by atoms with Crippen LogP contribution < -0.4 is 10.6 Å². The molecule has 1 aliphatic carbocycles. The minimum Gasteiger partial charge on any atom is -0.323 e. The Kier molecular flexibility index (Phi) is 5.75. The molecule has 4 amide bonds. The Labute approximate surface area is 187 Å². The molecule has 9 heteroatoms. The Morgan fingerprint density at radius 1 is 1.22 bits per heavy atom. The number of carbonyl (C=O) groups is 3. The Morgan fingerprint density at radius 3 is 2.62 bits per heavy atom. The van der Waals surface area contributed by atoms with E-state index in [0.29, 0.717) is 30.9 Å². The first kappa shape index (κ1) is 22.0. The second kappa shape index (κ2) is 8.37. The first-order valence-electron chi connectivity index (χ1n) is 11.2. The first-order chi connectivity index (χ1) is 15.2. The lowest BCUT2D eigenvalue weighted by Crippen LogP contribution is -2.44. The van der Waals surface area contributed by atoms with Gasteiger partial charge in [0.05, 0.1) is 5.69 Å². The maximum Gasteiger partial charge on any atom is 0.325 e. The van der Waals surface area contributed by atoms with Gasteiger partial charge in [0.2, 0.25) is 5.91 Å². The van der Waals surface area contributed by atoms with E-state index >= 15 is 0 Å². The SMILES string of the molecule is CC(C)(C)c1cc(NC(=O)CCCN2C(=O)NC3(CCCC3)C2=O)n(-c2ccccn2)n1. The molecule has 0 unspecified atom stereocenters. The molecule has 1 aliphatic heterocycles. The van der Waals surface area contributed by atoms with Crippen LogP contribution in [0.1, 0.15) is 65.0 Å². The summed E-state index contributed by atoms with van der Waals surface area (Å²) < 4.78 is 1.62. The predicted octanol–water partition coefficient (Wildman–Crippen LogP) is 3.15. The lowest BCUT2D eigenvalue weighted by Gasteiger charge is -2.19. The van der Waals surface area contributed by atoms with Gasteiger partial charge < -0.3 is 10.6 Å². The molecule has 2 aromatic rings. The summed E-state index contributed by atoms with van der Waals surface area (Å²) in [4.78, 5) is 43.3. The highest BCUT2D eigenvalue weighted by molar-refractivity contribution is 6.07. The van der Waals surface area contributed by atoms with Crippen LogP contribution in [0, 0.1) is 0 Å². The Bertz CT molecular complexity index is 1020. The van der Waals surface area contributed by atoms with Crippen molar-refractivity contribution in [2.24, 2.45) is 0 Å². The molecule has 4 rings (SSSR count). The lowest BCUT2D eigenvalue weighted by atomic mass is 9.92. The van der Waals surface area contributed by atoms with Crippen LogP contribution in [0.2, 0.25) is 0 Å². The van der Waals surface area contributed by atoms with Gasteiger partial charge in [-0.3, -0.25) is 14.5 Å². The van der Waals surface area contributed by atoms with E-state index in [1.165, 1.54) is 4.90 Å². The fraction of sp³-hybridized carbons (Fsp3) is 0.522. The number of nitrogens with one attached hydrogen (secondary N) is 2. The third-order valence-corrected chi connectivity index (χ3v) is 6.10. The van der Waals surface area contributed by atoms with E-state index in [-0.39, 0.29) is 36.2 Å². The second-order valence-electron chi connectivity index (χ2n) is 9.59. The highest BCUT2D eigenvalue weighted by Gasteiger charge is 2.52. The number of pyridine rings is 1. The molecule has 0 radical (unpaired) electrons. The smallest absolute Gasteiger partial charge is 0.323 e. The summed E-state index contributed by atoms with van der Waals surface area (Å²) in [5.74, 6) is 0.798. The number of carbonyl (C=O) groups excluding carboxylic acids is 3. The Balaban J connectivity index is 1.40. The first-order valence-corrected chi connectivity index (χ1v) is 11.2. The van der Waals surface area contributed by atoms with Crippen molar-refractivity contribution in [1.29, 1.82) is 0 Å². The number of nitrogens with zero attached hydrogens (tertiary/aromatic N) is 4. The van der Waals surface area contributed by atoms with Crippen LogP contribution in [0.15, 0.2) is 30.5 Å². The van der Waals surface area contributed by atoms with Gasteiger partial charge in [-0.2, -0.15) is 9.78 Å². The maximum absolute atomic E-state index is 12.7. The van der Waals surface area contributed by atoms with Gasteiger partial charge >= 0.3 is 6.03 Å². The minimum atomic E-state index is -0.710. The van der Waals surface area contributed by atoms with Crippen LogP contribution in [0.4, 0.5) is 10.6 Å². The third kappa shape index (κ3) is 4.24. The van der Waals surface area contributed by atoms with Gasteiger partial charge in [0.15, 0.2) is 5.82 Å². The van der Waals surface area contributed by atoms with Crippen molar-refractivity contribution >= 4 is 23.7 Å². The summed E-state index contributed by atoms with van der Waals surface area (Å²) in [6.45, 7) is 6.39. The van der Waals surface area contributed by atoms with Crippen molar-refractivity contribution in [2.45, 2.75) is 70.3 Å². The zero-order chi connectivity index (χ0) is 22.9. The van der Waals surface area contributed by atoms with Gasteiger partial charge in [0.1, 0.15) is 11.4 Å². The molecule has 0 atom stereocenters. The predicted molar refractivity (Wildman–Crippen MR) is 119 cm³/mol. The lowest BCUT2D eigenvalue weighted by molar-refractivity contribution is -0.131. The average Bonchev–Trinajstić information content (AvgIpc) is 3.44. The molecular weight excluding hydrogens is 408 g/mol. The van der Waals surface area contributed by atoms with Crippen molar-refractivity contribution in [3.63, 3.8) is 0 Å². The van der Waals surface area contributed by atoms with Gasteiger partial charge in [-0.05, 0) is 31.4 Å². The van der Waals surface area contributed by atoms with Crippen LogP contribution in [0.3, 0.4) is 0 Å². The molecule has 0 bridgehead atoms. The molecule has 2 fully saturated rings. The van der Waals surface area contributed by atoms with E-state index in [2.05, 4.69) is 41.5 Å². The topological polar surface area (TPSA) is 109 Å². The van der Waals surface area contributed by atoms with Gasteiger partial charge in [-0.1, -0.05) is 39.7 Å². The van der Waals surface area contributed by atoms with E-state index in [1.807, 2.05) is 24.3 Å². The summed E-state index contributed by atoms with van der Waals surface area (Å²) in [6, 6.07) is 7.02. The quantitative estimate of drug-likeness (QED) is 0.674. The summed E-state index contributed by atoms with van der Waals surface area (Å²) in [7, 11) is 0. The van der Waals surface area contributed by atoms with E-state index in [4.69, 9.17) is 0 Å². The highest BCUT2D eigenvalue weighted by Crippen LogP contribution is 2.35. The number of amides is 4. The highest BCUT2D eigenvalue weighted by atomic mass is 16.2. The minimum absolute atomic E-state index is 0.150. The van der Waals surface area contributed by atoms with E-state index in [0.717, 1.165) is 18.5 Å². The maximum atomic E-state index is 12.7. The zero-order valence-corrected chi connectivity index (χ0v) is 18.9. The summed E-state index contributed by atoms with van der Waals surface area (Å²) in [5, 5.41) is 10.4. The zero-order valence-electron chi connectivity index (χ0n) is 18.9. The molecule has 32 heavy (non-hydrogen) atoms. The molecule has 170 valence electrons. The van der Waals surface area contributed by atoms with Crippen LogP contribution in [0.25, 0.3) is 5.82 Å². The van der Waals surface area contributed by atoms with Gasteiger partial charge in [-0.15, -0.1) is 0 Å². The van der Waals surface area contributed by atoms with Crippen LogP contribution in [0.5, 0.6) is 0 Å². The van der Waals surface area contributed by atoms with Crippen molar-refractivity contribution in [1.82, 2.24) is 25.0 Å². The number of anilines is 1. The molecule has 2 N–H and O–H groups in total. The fourth-order valence-electron chi connectivity index (χ4n) is 4.29. The molecule has 1 spiro atoms. The number of hydrogen-bond donors (Lipinski definition) is 2. The van der Waals surface area contributed by atoms with E-state index in [1.54, 1.807) is 10.9 Å². The van der Waals surface area contributed by atoms with Gasteiger partial charge in [-0.25, -0.2) is 9.78 Å². The molecule has 1 saturated heterocycles. The number of imide groups is 1. The monoisotopic (exact) mass is 438 g/mol. The number of urea groups is 1. The molecule has 2 aliphatic rings. The van der Waals surface area contributed by atoms with Crippen molar-refractivity contribution < 1.29 is 14.4 Å². The van der Waals surface area contributed by atoms with Crippen LogP contribution in [-0.4, -0.2) is 49.6 Å². The Hall–Kier alpha value is -3.23. The van der Waals surface area contributed by atoms with E-state index < -0.39 is 5.54 Å². The summed E-state index contributed by atoms with van der Waals surface area (Å²) >= 11 is 0. The van der Waals surface area contributed by atoms with Crippen molar-refractivity contribution in [2.75, 3.05) is 11.9 Å². The third-order valence-electron chi connectivity index (χ3n) is 6.10. The number of hydrogen-bond acceptors (Lipinski definition) is 5. The average molecular weight is 439 g/mol. The normalized spacial score (nSPS) is 17.8. The van der Waals surface area contributed by atoms with E-state index in [9.17, 15) is 14.4 Å². The molecular formula is C23H30N6O3. The number of aromatic nitrogens is 3. The van der Waals surface area contributed by atoms with Gasteiger partial charge in [0, 0.05) is 30.6 Å². The van der Waals surface area contributed by atoms with Gasteiger partial charge in [0.25, 0.3) is 5.91 Å². The molecule has 2 aromatic heterocycles. The standard InChI is InChI=1S/C23H30N6O3/c1-22(2,3)16-15-18(29(27-16)17-9-4-7-13-24-17)25-19(30)10-8-14-28-20(31)23(26-21(28)32)11-5-6-12-23/h4,7,9,13,15H,5-6,8,10-12,14H2,1-3H3,(H,25,30)(H,26,32). The fourth-order valence-corrected chi connectivity index (χ4v) is 4.29. The molecule has 9 nitrogen and oxygen atoms in total. The molecule has 1 saturated carbocycles. The van der Waals surface area contributed by atoms with Crippen molar-refractivity contribution in [3.05, 3.63) is 36.2 Å². The molecule has 0 aromatic carbocycles. The largest absolute Gasteiger partial charge is 0.325 e. The van der Waals surface area contributed by atoms with Crippen molar-refractivity contribution in [3.8, 4) is 5.82 Å². The van der Waals surface area contributed by atoms with Crippen LogP contribution in [-0.2, 0) is 15.0 Å². The second-order valence-corrected chi connectivity index (χ2v) is 9.59. The summed E-state index contributed by atoms with van der Waals surface area (Å²) in [6.07, 6.45) is 5.54. The molecule has 3 heterocycles.